The van der Waals surface area contributed by atoms with Crippen molar-refractivity contribution in [2.45, 2.75) is 6.92 Å². The molecule has 16 heavy (non-hydrogen) atoms. The Morgan fingerprint density at radius 3 is 2.56 bits per heavy atom. The third-order valence-corrected chi connectivity index (χ3v) is 3.80. The number of rotatable bonds is 0. The van der Waals surface area contributed by atoms with E-state index in [0.717, 1.165) is 6.07 Å². The molecule has 2 aromatic rings. The van der Waals surface area contributed by atoms with E-state index < -0.39 is 11.6 Å². The Bertz CT molecular complexity index is 548. The van der Waals surface area contributed by atoms with Crippen molar-refractivity contribution >= 4 is 50.0 Å². The van der Waals surface area contributed by atoms with Gasteiger partial charge in [0.25, 0.3) is 0 Å². The Labute approximate surface area is 109 Å². The highest BCUT2D eigenvalue weighted by Gasteiger charge is 2.17. The fourth-order valence-corrected chi connectivity index (χ4v) is 2.10. The van der Waals surface area contributed by atoms with E-state index in [4.69, 9.17) is 23.2 Å². The number of aromatic nitrogens is 1. The van der Waals surface area contributed by atoms with Crippen LogP contribution in [0.5, 0.6) is 0 Å². The van der Waals surface area contributed by atoms with Crippen LogP contribution in [0.3, 0.4) is 0 Å². The van der Waals surface area contributed by atoms with Crippen molar-refractivity contribution in [1.82, 2.24) is 4.98 Å². The Hall–Kier alpha value is -0.450. The van der Waals surface area contributed by atoms with E-state index in [1.54, 1.807) is 6.92 Å². The third kappa shape index (κ3) is 1.69. The molecular weight excluding hydrogens is 323 g/mol. The third-order valence-electron chi connectivity index (χ3n) is 2.22. The highest BCUT2D eigenvalue weighted by molar-refractivity contribution is 9.10. The van der Waals surface area contributed by atoms with Gasteiger partial charge in [-0.05, 0) is 28.9 Å². The van der Waals surface area contributed by atoms with Crippen molar-refractivity contribution in [2.24, 2.45) is 0 Å². The van der Waals surface area contributed by atoms with Crippen molar-refractivity contribution in [3.63, 3.8) is 0 Å². The zero-order valence-electron chi connectivity index (χ0n) is 7.91. The summed E-state index contributed by atoms with van der Waals surface area (Å²) in [5.41, 5.74) is 0.450. The predicted molar refractivity (Wildman–Crippen MR) is 64.1 cm³/mol. The van der Waals surface area contributed by atoms with E-state index in [1.807, 2.05) is 0 Å². The first-order valence-corrected chi connectivity index (χ1v) is 5.77. The van der Waals surface area contributed by atoms with Crippen molar-refractivity contribution in [3.8, 4) is 0 Å². The molecule has 1 aromatic heterocycles. The van der Waals surface area contributed by atoms with Crippen LogP contribution in [-0.2, 0) is 0 Å². The second-order valence-electron chi connectivity index (χ2n) is 3.22. The molecule has 0 saturated carbocycles. The number of halogens is 5. The highest BCUT2D eigenvalue weighted by Crippen LogP contribution is 2.34. The molecule has 0 unspecified atom stereocenters. The summed E-state index contributed by atoms with van der Waals surface area (Å²) < 4.78 is 26.7. The molecular formula is C10H4BrCl2F2N. The van der Waals surface area contributed by atoms with Crippen LogP contribution in [0.1, 0.15) is 5.56 Å². The number of nitrogens with zero attached hydrogens (tertiary/aromatic N) is 1. The summed E-state index contributed by atoms with van der Waals surface area (Å²) >= 11 is 14.5. The van der Waals surface area contributed by atoms with Crippen molar-refractivity contribution < 1.29 is 8.78 Å². The summed E-state index contributed by atoms with van der Waals surface area (Å²) in [7, 11) is 0. The Morgan fingerprint density at radius 1 is 1.31 bits per heavy atom. The molecule has 0 fully saturated rings. The molecule has 1 aromatic carbocycles. The minimum absolute atomic E-state index is 0.0473. The maximum absolute atomic E-state index is 13.7. The van der Waals surface area contributed by atoms with E-state index in [9.17, 15) is 8.78 Å². The number of hydrogen-bond acceptors (Lipinski definition) is 1. The first-order valence-electron chi connectivity index (χ1n) is 4.22. The molecule has 0 N–H and O–H groups in total. The van der Waals surface area contributed by atoms with Gasteiger partial charge in [0, 0.05) is 10.9 Å². The first kappa shape index (κ1) is 12.0. The van der Waals surface area contributed by atoms with Gasteiger partial charge in [-0.3, -0.25) is 0 Å². The summed E-state index contributed by atoms with van der Waals surface area (Å²) in [5.74, 6) is -1.53. The number of pyridine rings is 1. The molecule has 0 radical (unpaired) electrons. The summed E-state index contributed by atoms with van der Waals surface area (Å²) in [6.45, 7) is 1.63. The Morgan fingerprint density at radius 2 is 1.94 bits per heavy atom. The Kier molecular flexibility index (Phi) is 3.07. The molecule has 0 aliphatic heterocycles. The van der Waals surface area contributed by atoms with Gasteiger partial charge in [0.15, 0.2) is 5.82 Å². The average molecular weight is 327 g/mol. The van der Waals surface area contributed by atoms with Gasteiger partial charge in [0.05, 0.1) is 9.50 Å². The van der Waals surface area contributed by atoms with Gasteiger partial charge in [0.2, 0.25) is 0 Å². The van der Waals surface area contributed by atoms with Gasteiger partial charge in [0.1, 0.15) is 16.5 Å². The summed E-state index contributed by atoms with van der Waals surface area (Å²) in [4.78, 5) is 3.85. The molecule has 0 aliphatic rings. The molecule has 2 rings (SSSR count). The van der Waals surface area contributed by atoms with Gasteiger partial charge in [-0.1, -0.05) is 23.2 Å². The maximum Gasteiger partial charge on any atom is 0.166 e. The van der Waals surface area contributed by atoms with Gasteiger partial charge >= 0.3 is 0 Å². The maximum atomic E-state index is 13.7. The molecule has 0 amide bonds. The topological polar surface area (TPSA) is 12.9 Å². The van der Waals surface area contributed by atoms with E-state index in [1.165, 1.54) is 0 Å². The minimum Gasteiger partial charge on any atom is -0.233 e. The minimum atomic E-state index is -0.807. The highest BCUT2D eigenvalue weighted by atomic mass is 79.9. The number of hydrogen-bond donors (Lipinski definition) is 0. The van der Waals surface area contributed by atoms with Crippen molar-refractivity contribution in [1.29, 1.82) is 0 Å². The zero-order chi connectivity index (χ0) is 12.0. The molecule has 0 bridgehead atoms. The lowest BCUT2D eigenvalue weighted by Gasteiger charge is -2.08. The summed E-state index contributed by atoms with van der Waals surface area (Å²) in [5, 5.41) is 0.525. The van der Waals surface area contributed by atoms with Crippen molar-refractivity contribution in [2.75, 3.05) is 0 Å². The van der Waals surface area contributed by atoms with Gasteiger partial charge < -0.3 is 0 Å². The number of benzene rings is 1. The van der Waals surface area contributed by atoms with Crippen LogP contribution in [-0.4, -0.2) is 4.98 Å². The van der Waals surface area contributed by atoms with Crippen LogP contribution in [0, 0.1) is 18.6 Å². The molecule has 0 saturated heterocycles. The quantitative estimate of drug-likeness (QED) is 0.496. The van der Waals surface area contributed by atoms with E-state index >= 15 is 0 Å². The summed E-state index contributed by atoms with van der Waals surface area (Å²) in [6.07, 6.45) is 0. The SMILES string of the molecule is Cc1c(Cl)nc2c(F)c(Br)c(F)cc2c1Cl. The van der Waals surface area contributed by atoms with E-state index in [-0.39, 0.29) is 25.6 Å². The Balaban J connectivity index is 3.02. The lowest BCUT2D eigenvalue weighted by atomic mass is 10.1. The van der Waals surface area contributed by atoms with Crippen molar-refractivity contribution in [3.05, 3.63) is 37.9 Å². The molecule has 1 nitrogen and oxygen atoms in total. The molecule has 0 aliphatic carbocycles. The molecule has 0 atom stereocenters. The monoisotopic (exact) mass is 325 g/mol. The van der Waals surface area contributed by atoms with Crippen LogP contribution in [0.15, 0.2) is 10.5 Å². The molecule has 0 spiro atoms. The number of fused-ring (bicyclic) bond motifs is 1. The fraction of sp³-hybridized carbons (Fsp3) is 0.100. The largest absolute Gasteiger partial charge is 0.233 e. The average Bonchev–Trinajstić information content (AvgIpc) is 2.25. The van der Waals surface area contributed by atoms with Gasteiger partial charge in [-0.25, -0.2) is 13.8 Å². The molecule has 84 valence electrons. The van der Waals surface area contributed by atoms with Gasteiger partial charge in [-0.15, -0.1) is 0 Å². The standard InChI is InChI=1S/C10H4BrCl2F2N/c1-3-7(12)4-2-5(14)6(11)8(15)9(4)16-10(3)13/h2H,1H3. The van der Waals surface area contributed by atoms with Crippen LogP contribution in [0.2, 0.25) is 10.2 Å². The fourth-order valence-electron chi connectivity index (χ4n) is 1.34. The second-order valence-corrected chi connectivity index (χ2v) is 4.75. The molecule has 1 heterocycles. The first-order chi connectivity index (χ1) is 7.43. The second kappa shape index (κ2) is 4.09. The van der Waals surface area contributed by atoms with Crippen LogP contribution in [0.4, 0.5) is 8.78 Å². The molecule has 6 heteroatoms. The van der Waals surface area contributed by atoms with E-state index in [0.29, 0.717) is 5.56 Å². The smallest absolute Gasteiger partial charge is 0.166 e. The predicted octanol–water partition coefficient (Wildman–Crippen LogP) is 4.89. The van der Waals surface area contributed by atoms with Gasteiger partial charge in [-0.2, -0.15) is 0 Å². The van der Waals surface area contributed by atoms with Crippen LogP contribution < -0.4 is 0 Å². The lowest BCUT2D eigenvalue weighted by Crippen LogP contribution is -1.94. The normalized spacial score (nSPS) is 11.1. The van der Waals surface area contributed by atoms with Crippen LogP contribution >= 0.6 is 39.1 Å². The van der Waals surface area contributed by atoms with E-state index in [2.05, 4.69) is 20.9 Å². The lowest BCUT2D eigenvalue weighted by molar-refractivity contribution is 0.579. The van der Waals surface area contributed by atoms with Crippen LogP contribution in [0.25, 0.3) is 10.9 Å². The zero-order valence-corrected chi connectivity index (χ0v) is 11.0. The summed E-state index contributed by atoms with van der Waals surface area (Å²) in [6, 6.07) is 1.13.